The molecule has 126 valence electrons. The lowest BCUT2D eigenvalue weighted by molar-refractivity contribution is 0.0904. The number of hydrogen-bond acceptors (Lipinski definition) is 5. The fourth-order valence-corrected chi connectivity index (χ4v) is 3.85. The molecule has 1 fully saturated rings. The first-order valence-corrected chi connectivity index (χ1v) is 9.01. The van der Waals surface area contributed by atoms with E-state index in [0.29, 0.717) is 5.92 Å². The normalized spacial score (nSPS) is 21.9. The van der Waals surface area contributed by atoms with Gasteiger partial charge in [-0.3, -0.25) is 4.68 Å². The molecule has 0 aliphatic carbocycles. The first-order valence-electron chi connectivity index (χ1n) is 8.19. The maximum Gasteiger partial charge on any atom is 0.0981 e. The summed E-state index contributed by atoms with van der Waals surface area (Å²) in [6.45, 7) is 9.29. The van der Waals surface area contributed by atoms with Crippen LogP contribution in [0.5, 0.6) is 0 Å². The van der Waals surface area contributed by atoms with Crippen molar-refractivity contribution in [2.75, 3.05) is 13.2 Å². The summed E-state index contributed by atoms with van der Waals surface area (Å²) in [6, 6.07) is 0. The van der Waals surface area contributed by atoms with E-state index in [1.54, 1.807) is 11.3 Å². The Morgan fingerprint density at radius 1 is 1.39 bits per heavy atom. The van der Waals surface area contributed by atoms with Crippen LogP contribution in [0.15, 0.2) is 18.6 Å². The Morgan fingerprint density at radius 3 is 2.87 bits per heavy atom. The number of hydrogen-bond donors (Lipinski definition) is 1. The summed E-state index contributed by atoms with van der Waals surface area (Å²) in [5, 5.41) is 9.04. The Labute approximate surface area is 142 Å². The van der Waals surface area contributed by atoms with E-state index in [0.717, 1.165) is 26.1 Å². The van der Waals surface area contributed by atoms with E-state index >= 15 is 0 Å². The van der Waals surface area contributed by atoms with Gasteiger partial charge in [0.25, 0.3) is 0 Å². The van der Waals surface area contributed by atoms with Crippen molar-refractivity contribution >= 4 is 11.3 Å². The van der Waals surface area contributed by atoms with Crippen molar-refractivity contribution < 1.29 is 4.74 Å². The zero-order chi connectivity index (χ0) is 16.4. The van der Waals surface area contributed by atoms with Gasteiger partial charge in [-0.25, -0.2) is 4.98 Å². The number of nitrogens with zero attached hydrogens (tertiary/aromatic N) is 3. The molecule has 0 amide bonds. The van der Waals surface area contributed by atoms with Gasteiger partial charge >= 0.3 is 0 Å². The van der Waals surface area contributed by atoms with Crippen molar-refractivity contribution in [3.63, 3.8) is 0 Å². The second kappa shape index (κ2) is 6.71. The summed E-state index contributed by atoms with van der Waals surface area (Å²) in [5.41, 5.74) is 1.32. The summed E-state index contributed by atoms with van der Waals surface area (Å²) in [5.74, 6) is 0.509. The Hall–Kier alpha value is -1.24. The van der Waals surface area contributed by atoms with Crippen LogP contribution in [0.2, 0.25) is 0 Å². The lowest BCUT2D eigenvalue weighted by Crippen LogP contribution is -2.24. The van der Waals surface area contributed by atoms with E-state index in [1.165, 1.54) is 15.4 Å². The minimum Gasteiger partial charge on any atom is -0.373 e. The minimum atomic E-state index is 0.133. The molecular formula is C17H26N4OS. The van der Waals surface area contributed by atoms with Crippen molar-refractivity contribution in [2.24, 2.45) is 13.0 Å². The summed E-state index contributed by atoms with van der Waals surface area (Å²) < 4.78 is 7.75. The average molecular weight is 334 g/mol. The van der Waals surface area contributed by atoms with Gasteiger partial charge in [-0.2, -0.15) is 5.10 Å². The van der Waals surface area contributed by atoms with Crippen LogP contribution in [0.3, 0.4) is 0 Å². The topological polar surface area (TPSA) is 52.0 Å². The highest BCUT2D eigenvalue weighted by atomic mass is 32.1. The van der Waals surface area contributed by atoms with Gasteiger partial charge in [0.1, 0.15) is 0 Å². The van der Waals surface area contributed by atoms with Crippen LogP contribution < -0.4 is 5.32 Å². The van der Waals surface area contributed by atoms with Crippen LogP contribution in [0.1, 0.15) is 48.7 Å². The van der Waals surface area contributed by atoms with Crippen LogP contribution in [0.4, 0.5) is 0 Å². The van der Waals surface area contributed by atoms with Gasteiger partial charge in [-0.05, 0) is 6.42 Å². The van der Waals surface area contributed by atoms with Gasteiger partial charge in [0, 0.05) is 60.9 Å². The van der Waals surface area contributed by atoms with E-state index < -0.39 is 0 Å². The van der Waals surface area contributed by atoms with E-state index in [-0.39, 0.29) is 11.5 Å². The third-order valence-corrected chi connectivity index (χ3v) is 5.59. The van der Waals surface area contributed by atoms with E-state index in [1.807, 2.05) is 24.1 Å². The quantitative estimate of drug-likeness (QED) is 0.913. The second-order valence-electron chi connectivity index (χ2n) is 7.30. The molecule has 23 heavy (non-hydrogen) atoms. The fourth-order valence-electron chi connectivity index (χ4n) is 2.92. The monoisotopic (exact) mass is 334 g/mol. The second-order valence-corrected chi connectivity index (χ2v) is 8.42. The van der Waals surface area contributed by atoms with Crippen molar-refractivity contribution in [1.29, 1.82) is 0 Å². The highest BCUT2D eigenvalue weighted by Gasteiger charge is 2.30. The molecule has 3 rings (SSSR count). The zero-order valence-corrected chi connectivity index (χ0v) is 15.2. The van der Waals surface area contributed by atoms with Crippen LogP contribution in [0.25, 0.3) is 0 Å². The molecule has 1 aliphatic rings. The minimum absolute atomic E-state index is 0.133. The van der Waals surface area contributed by atoms with Gasteiger partial charge in [0.15, 0.2) is 0 Å². The SMILES string of the molecule is Cn1cc([C@H]2OCC[C@H]2CNCc2cnc(C(C)(C)C)s2)cn1. The van der Waals surface area contributed by atoms with E-state index in [9.17, 15) is 0 Å². The molecule has 2 aromatic heterocycles. The fraction of sp³-hybridized carbons (Fsp3) is 0.647. The highest BCUT2D eigenvalue weighted by molar-refractivity contribution is 7.11. The van der Waals surface area contributed by atoms with Gasteiger partial charge in [0.2, 0.25) is 0 Å². The average Bonchev–Trinajstić information content (AvgIpc) is 3.17. The van der Waals surface area contributed by atoms with Crippen LogP contribution >= 0.6 is 11.3 Å². The predicted octanol–water partition coefficient (Wildman–Crippen LogP) is 3.04. The molecule has 1 N–H and O–H groups in total. The first kappa shape index (κ1) is 16.6. The van der Waals surface area contributed by atoms with E-state index in [4.69, 9.17) is 4.74 Å². The summed E-state index contributed by atoms with van der Waals surface area (Å²) >= 11 is 1.80. The van der Waals surface area contributed by atoms with Crippen LogP contribution in [-0.4, -0.2) is 27.9 Å². The van der Waals surface area contributed by atoms with Crippen molar-refractivity contribution in [1.82, 2.24) is 20.1 Å². The van der Waals surface area contributed by atoms with Crippen LogP contribution in [0, 0.1) is 5.92 Å². The molecule has 0 bridgehead atoms. The molecule has 0 radical (unpaired) electrons. The third kappa shape index (κ3) is 4.00. The Bertz CT molecular complexity index is 643. The van der Waals surface area contributed by atoms with E-state index in [2.05, 4.69) is 42.4 Å². The molecule has 2 atom stereocenters. The number of aryl methyl sites for hydroxylation is 1. The molecule has 3 heterocycles. The summed E-state index contributed by atoms with van der Waals surface area (Å²) in [7, 11) is 1.95. The number of ether oxygens (including phenoxy) is 1. The first-order chi connectivity index (χ1) is 10.9. The van der Waals surface area contributed by atoms with Gasteiger partial charge in [-0.1, -0.05) is 20.8 Å². The molecule has 0 unspecified atom stereocenters. The maximum absolute atomic E-state index is 5.91. The standard InChI is InChI=1S/C17H26N4OS/c1-17(2,3)16-19-10-14(23-16)9-18-7-12-5-6-22-15(12)13-8-20-21(4)11-13/h8,10-12,15,18H,5-7,9H2,1-4H3/t12-,15-/m0/s1. The summed E-state index contributed by atoms with van der Waals surface area (Å²) in [6.07, 6.45) is 7.25. The van der Waals surface area contributed by atoms with Gasteiger partial charge < -0.3 is 10.1 Å². The predicted molar refractivity (Wildman–Crippen MR) is 92.5 cm³/mol. The highest BCUT2D eigenvalue weighted by Crippen LogP contribution is 2.34. The molecule has 1 saturated heterocycles. The molecule has 0 spiro atoms. The summed E-state index contributed by atoms with van der Waals surface area (Å²) in [4.78, 5) is 5.84. The Morgan fingerprint density at radius 2 is 2.22 bits per heavy atom. The molecule has 5 nitrogen and oxygen atoms in total. The zero-order valence-electron chi connectivity index (χ0n) is 14.4. The molecule has 0 saturated carbocycles. The van der Waals surface area contributed by atoms with Gasteiger partial charge in [0.05, 0.1) is 17.3 Å². The van der Waals surface area contributed by atoms with Crippen molar-refractivity contribution in [3.8, 4) is 0 Å². The number of nitrogens with one attached hydrogen (secondary N) is 1. The van der Waals surface area contributed by atoms with Crippen molar-refractivity contribution in [3.05, 3.63) is 34.0 Å². The number of thiazole rings is 1. The molecule has 6 heteroatoms. The smallest absolute Gasteiger partial charge is 0.0981 e. The molecular weight excluding hydrogens is 308 g/mol. The van der Waals surface area contributed by atoms with Gasteiger partial charge in [-0.15, -0.1) is 11.3 Å². The maximum atomic E-state index is 5.91. The molecule has 0 aromatic carbocycles. The van der Waals surface area contributed by atoms with Crippen LogP contribution in [-0.2, 0) is 23.7 Å². The number of aromatic nitrogens is 3. The lowest BCUT2D eigenvalue weighted by Gasteiger charge is -2.17. The third-order valence-electron chi connectivity index (χ3n) is 4.17. The lowest BCUT2D eigenvalue weighted by atomic mass is 9.97. The molecule has 2 aromatic rings. The Balaban J connectivity index is 1.53. The largest absolute Gasteiger partial charge is 0.373 e. The molecule has 1 aliphatic heterocycles. The Kier molecular flexibility index (Phi) is 4.85. The van der Waals surface area contributed by atoms with Crippen molar-refractivity contribution in [2.45, 2.75) is 45.3 Å². The number of rotatable bonds is 5.